The van der Waals surface area contributed by atoms with Crippen LogP contribution in [-0.2, 0) is 6.54 Å². The predicted octanol–water partition coefficient (Wildman–Crippen LogP) is 2.37. The molecule has 28 heavy (non-hydrogen) atoms. The molecular formula is C21H27N3O4. The lowest BCUT2D eigenvalue weighted by Crippen LogP contribution is -2.42. The van der Waals surface area contributed by atoms with Crippen LogP contribution in [0.25, 0.3) is 0 Å². The summed E-state index contributed by atoms with van der Waals surface area (Å²) in [5.41, 5.74) is 2.40. The lowest BCUT2D eigenvalue weighted by molar-refractivity contribution is 0.102. The molecule has 0 bridgehead atoms. The molecule has 7 heteroatoms. The first-order chi connectivity index (χ1) is 13.6. The first-order valence-electron chi connectivity index (χ1n) is 9.28. The van der Waals surface area contributed by atoms with E-state index < -0.39 is 0 Å². The van der Waals surface area contributed by atoms with E-state index in [9.17, 15) is 4.79 Å². The minimum Gasteiger partial charge on any atom is -0.493 e. The van der Waals surface area contributed by atoms with E-state index in [1.807, 2.05) is 24.3 Å². The van der Waals surface area contributed by atoms with Gasteiger partial charge in [-0.25, -0.2) is 0 Å². The number of nitrogens with zero attached hydrogens (tertiary/aromatic N) is 1. The van der Waals surface area contributed by atoms with Crippen LogP contribution in [0.4, 0.5) is 5.69 Å². The Kier molecular flexibility index (Phi) is 6.73. The van der Waals surface area contributed by atoms with Gasteiger partial charge < -0.3 is 24.8 Å². The molecule has 1 heterocycles. The fraction of sp³-hybridized carbons (Fsp3) is 0.381. The Morgan fingerprint density at radius 3 is 2.14 bits per heavy atom. The van der Waals surface area contributed by atoms with Crippen molar-refractivity contribution in [2.45, 2.75) is 6.54 Å². The SMILES string of the molecule is COc1cc(C(=O)Nc2ccc(CN3CCNCC3)cc2)cc(OC)c1OC. The van der Waals surface area contributed by atoms with Gasteiger partial charge in [-0.05, 0) is 29.8 Å². The van der Waals surface area contributed by atoms with Gasteiger partial charge in [0.05, 0.1) is 21.3 Å². The Balaban J connectivity index is 1.68. The molecular weight excluding hydrogens is 358 g/mol. The summed E-state index contributed by atoms with van der Waals surface area (Å²) in [6.45, 7) is 5.09. The number of piperazine rings is 1. The third-order valence-corrected chi connectivity index (χ3v) is 4.75. The smallest absolute Gasteiger partial charge is 0.255 e. The van der Waals surface area contributed by atoms with Crippen molar-refractivity contribution in [1.82, 2.24) is 10.2 Å². The van der Waals surface area contributed by atoms with Crippen LogP contribution >= 0.6 is 0 Å². The van der Waals surface area contributed by atoms with Crippen LogP contribution < -0.4 is 24.8 Å². The number of rotatable bonds is 7. The first-order valence-corrected chi connectivity index (χ1v) is 9.28. The second kappa shape index (κ2) is 9.43. The molecule has 1 saturated heterocycles. The average molecular weight is 385 g/mol. The summed E-state index contributed by atoms with van der Waals surface area (Å²) in [4.78, 5) is 15.1. The Labute approximate surface area is 165 Å². The standard InChI is InChI=1S/C21H27N3O4/c1-26-18-12-16(13-19(27-2)20(18)28-3)21(25)23-17-6-4-15(5-7-17)14-24-10-8-22-9-11-24/h4-7,12-13,22H,8-11,14H2,1-3H3,(H,23,25). The van der Waals surface area contributed by atoms with Crippen LogP contribution in [0.5, 0.6) is 17.2 Å². The summed E-state index contributed by atoms with van der Waals surface area (Å²) in [5, 5.41) is 6.27. The maximum atomic E-state index is 12.7. The normalized spacial score (nSPS) is 14.4. The zero-order valence-electron chi connectivity index (χ0n) is 16.6. The molecule has 2 aromatic carbocycles. The molecule has 2 N–H and O–H groups in total. The van der Waals surface area contributed by atoms with Crippen LogP contribution in [0.1, 0.15) is 15.9 Å². The molecule has 1 aliphatic heterocycles. The topological polar surface area (TPSA) is 72.1 Å². The molecule has 0 unspecified atom stereocenters. The van der Waals surface area contributed by atoms with E-state index in [2.05, 4.69) is 15.5 Å². The summed E-state index contributed by atoms with van der Waals surface area (Å²) in [5.74, 6) is 1.10. The zero-order valence-corrected chi connectivity index (χ0v) is 16.6. The predicted molar refractivity (Wildman–Crippen MR) is 109 cm³/mol. The van der Waals surface area contributed by atoms with Crippen LogP contribution in [0.2, 0.25) is 0 Å². The number of nitrogens with one attached hydrogen (secondary N) is 2. The monoisotopic (exact) mass is 385 g/mol. The van der Waals surface area contributed by atoms with Gasteiger partial charge in [0.2, 0.25) is 5.75 Å². The number of methoxy groups -OCH3 is 3. The van der Waals surface area contributed by atoms with E-state index in [0.717, 1.165) is 38.4 Å². The quantitative estimate of drug-likeness (QED) is 0.763. The molecule has 0 spiro atoms. The lowest BCUT2D eigenvalue weighted by atomic mass is 10.1. The Bertz CT molecular complexity index is 777. The lowest BCUT2D eigenvalue weighted by Gasteiger charge is -2.27. The minimum atomic E-state index is -0.242. The largest absolute Gasteiger partial charge is 0.493 e. The Morgan fingerprint density at radius 1 is 1.00 bits per heavy atom. The van der Waals surface area contributed by atoms with Gasteiger partial charge in [-0.1, -0.05) is 12.1 Å². The number of anilines is 1. The van der Waals surface area contributed by atoms with E-state index in [4.69, 9.17) is 14.2 Å². The van der Waals surface area contributed by atoms with Gasteiger partial charge in [0, 0.05) is 44.0 Å². The van der Waals surface area contributed by atoms with E-state index in [-0.39, 0.29) is 5.91 Å². The number of hydrogen-bond acceptors (Lipinski definition) is 6. The van der Waals surface area contributed by atoms with Crippen LogP contribution in [0, 0.1) is 0 Å². The van der Waals surface area contributed by atoms with Crippen molar-refractivity contribution in [3.63, 3.8) is 0 Å². The van der Waals surface area contributed by atoms with Crippen molar-refractivity contribution in [3.05, 3.63) is 47.5 Å². The number of ether oxygens (including phenoxy) is 3. The molecule has 0 aromatic heterocycles. The van der Waals surface area contributed by atoms with E-state index in [1.165, 1.54) is 26.9 Å². The third kappa shape index (κ3) is 4.74. The molecule has 0 radical (unpaired) electrons. The Hall–Kier alpha value is -2.77. The molecule has 2 aromatic rings. The van der Waals surface area contributed by atoms with Gasteiger partial charge in [0.15, 0.2) is 11.5 Å². The van der Waals surface area contributed by atoms with Crippen LogP contribution in [-0.4, -0.2) is 58.3 Å². The van der Waals surface area contributed by atoms with E-state index in [0.29, 0.717) is 22.8 Å². The molecule has 7 nitrogen and oxygen atoms in total. The fourth-order valence-corrected chi connectivity index (χ4v) is 3.24. The van der Waals surface area contributed by atoms with Gasteiger partial charge in [-0.15, -0.1) is 0 Å². The maximum Gasteiger partial charge on any atom is 0.255 e. The number of hydrogen-bond donors (Lipinski definition) is 2. The van der Waals surface area contributed by atoms with Crippen molar-refractivity contribution >= 4 is 11.6 Å². The second-order valence-electron chi connectivity index (χ2n) is 6.59. The average Bonchev–Trinajstić information content (AvgIpc) is 2.74. The van der Waals surface area contributed by atoms with Gasteiger partial charge in [0.1, 0.15) is 0 Å². The highest BCUT2D eigenvalue weighted by Crippen LogP contribution is 2.38. The first kappa shape index (κ1) is 20.0. The van der Waals surface area contributed by atoms with Crippen molar-refractivity contribution in [2.75, 3.05) is 52.8 Å². The molecule has 3 rings (SSSR count). The molecule has 1 aliphatic rings. The van der Waals surface area contributed by atoms with Gasteiger partial charge in [-0.2, -0.15) is 0 Å². The number of amides is 1. The van der Waals surface area contributed by atoms with E-state index in [1.54, 1.807) is 12.1 Å². The summed E-state index contributed by atoms with van der Waals surface area (Å²) in [6, 6.07) is 11.2. The van der Waals surface area contributed by atoms with Gasteiger partial charge in [-0.3, -0.25) is 9.69 Å². The summed E-state index contributed by atoms with van der Waals surface area (Å²) in [6.07, 6.45) is 0. The highest BCUT2D eigenvalue weighted by Gasteiger charge is 2.17. The highest BCUT2D eigenvalue weighted by molar-refractivity contribution is 6.05. The van der Waals surface area contributed by atoms with Gasteiger partial charge in [0.25, 0.3) is 5.91 Å². The summed E-state index contributed by atoms with van der Waals surface area (Å²) in [7, 11) is 4.58. The molecule has 0 saturated carbocycles. The molecule has 1 fully saturated rings. The Morgan fingerprint density at radius 2 is 1.61 bits per heavy atom. The number of benzene rings is 2. The van der Waals surface area contributed by atoms with Crippen molar-refractivity contribution < 1.29 is 19.0 Å². The fourth-order valence-electron chi connectivity index (χ4n) is 3.24. The number of carbonyl (C=O) groups excluding carboxylic acids is 1. The summed E-state index contributed by atoms with van der Waals surface area (Å²) >= 11 is 0. The van der Waals surface area contributed by atoms with Crippen LogP contribution in [0.15, 0.2) is 36.4 Å². The highest BCUT2D eigenvalue weighted by atomic mass is 16.5. The molecule has 150 valence electrons. The summed E-state index contributed by atoms with van der Waals surface area (Å²) < 4.78 is 15.9. The maximum absolute atomic E-state index is 12.7. The van der Waals surface area contributed by atoms with Crippen molar-refractivity contribution in [3.8, 4) is 17.2 Å². The van der Waals surface area contributed by atoms with Crippen molar-refractivity contribution in [2.24, 2.45) is 0 Å². The molecule has 0 atom stereocenters. The van der Waals surface area contributed by atoms with Crippen molar-refractivity contribution in [1.29, 1.82) is 0 Å². The third-order valence-electron chi connectivity index (χ3n) is 4.75. The van der Waals surface area contributed by atoms with Gasteiger partial charge >= 0.3 is 0 Å². The zero-order chi connectivity index (χ0) is 19.9. The van der Waals surface area contributed by atoms with Crippen LogP contribution in [0.3, 0.4) is 0 Å². The molecule has 0 aliphatic carbocycles. The van der Waals surface area contributed by atoms with E-state index >= 15 is 0 Å². The molecule has 1 amide bonds. The number of carbonyl (C=O) groups is 1. The second-order valence-corrected chi connectivity index (χ2v) is 6.59. The minimum absolute atomic E-state index is 0.242.